The van der Waals surface area contributed by atoms with Crippen LogP contribution in [0, 0.1) is 28.5 Å². The van der Waals surface area contributed by atoms with E-state index in [1.165, 1.54) is 12.1 Å². The quantitative estimate of drug-likeness (QED) is 0.689. The summed E-state index contributed by atoms with van der Waals surface area (Å²) < 4.78 is 12.6. The van der Waals surface area contributed by atoms with Crippen molar-refractivity contribution in [3.63, 3.8) is 0 Å². The van der Waals surface area contributed by atoms with Crippen molar-refractivity contribution >= 4 is 0 Å². The molecule has 0 unspecified atom stereocenters. The first-order chi connectivity index (χ1) is 7.17. The van der Waals surface area contributed by atoms with Gasteiger partial charge in [0.15, 0.2) is 0 Å². The highest BCUT2D eigenvalue weighted by atomic mass is 19.1. The average molecular weight is 200 g/mol. The fourth-order valence-electron chi connectivity index (χ4n) is 1.21. The second-order valence-corrected chi connectivity index (χ2v) is 3.18. The number of allylic oxidation sites excluding steroid dienone is 2. The van der Waals surface area contributed by atoms with Gasteiger partial charge in [0.25, 0.3) is 0 Å². The van der Waals surface area contributed by atoms with Crippen molar-refractivity contribution in [1.29, 1.82) is 10.5 Å². The van der Waals surface area contributed by atoms with Gasteiger partial charge in [-0.05, 0) is 36.6 Å². The molecule has 1 aromatic rings. The molecule has 0 aliphatic heterocycles. The Bertz CT molecular complexity index is 442. The van der Waals surface area contributed by atoms with Gasteiger partial charge in [-0.25, -0.2) is 4.39 Å². The van der Waals surface area contributed by atoms with Gasteiger partial charge in [-0.3, -0.25) is 0 Å². The molecule has 1 aromatic carbocycles. The minimum absolute atomic E-state index is 0.124. The van der Waals surface area contributed by atoms with Crippen molar-refractivity contribution in [3.05, 3.63) is 46.8 Å². The van der Waals surface area contributed by atoms with E-state index < -0.39 is 0 Å². The molecule has 15 heavy (non-hydrogen) atoms. The van der Waals surface area contributed by atoms with Crippen molar-refractivity contribution in [1.82, 2.24) is 0 Å². The molecule has 0 amide bonds. The van der Waals surface area contributed by atoms with Gasteiger partial charge in [0.1, 0.15) is 23.5 Å². The van der Waals surface area contributed by atoms with Crippen LogP contribution in [0.2, 0.25) is 0 Å². The second kappa shape index (κ2) is 4.93. The maximum atomic E-state index is 12.6. The summed E-state index contributed by atoms with van der Waals surface area (Å²) in [6.07, 6.45) is 0.497. The van der Waals surface area contributed by atoms with Crippen molar-refractivity contribution in [3.8, 4) is 12.1 Å². The van der Waals surface area contributed by atoms with E-state index in [1.807, 2.05) is 12.1 Å². The van der Waals surface area contributed by atoms with Gasteiger partial charge in [-0.15, -0.1) is 0 Å². The first kappa shape index (κ1) is 10.9. The Morgan fingerprint density at radius 1 is 1.20 bits per heavy atom. The van der Waals surface area contributed by atoms with Crippen LogP contribution in [0.5, 0.6) is 0 Å². The number of rotatable bonds is 2. The van der Waals surface area contributed by atoms with Crippen molar-refractivity contribution in [2.45, 2.75) is 13.3 Å². The van der Waals surface area contributed by atoms with Crippen LogP contribution in [0.4, 0.5) is 4.39 Å². The lowest BCUT2D eigenvalue weighted by molar-refractivity contribution is 0.627. The molecule has 74 valence electrons. The summed E-state index contributed by atoms with van der Waals surface area (Å²) in [5.41, 5.74) is 1.71. The molecule has 0 aliphatic rings. The summed E-state index contributed by atoms with van der Waals surface area (Å²) in [7, 11) is 0. The van der Waals surface area contributed by atoms with Gasteiger partial charge in [0.05, 0.1) is 0 Å². The molecule has 0 radical (unpaired) electrons. The number of halogens is 1. The third-order valence-corrected chi connectivity index (χ3v) is 2.03. The number of nitriles is 2. The van der Waals surface area contributed by atoms with E-state index in [2.05, 4.69) is 0 Å². The molecule has 0 fully saturated rings. The van der Waals surface area contributed by atoms with Gasteiger partial charge >= 0.3 is 0 Å². The summed E-state index contributed by atoms with van der Waals surface area (Å²) >= 11 is 0. The molecule has 2 nitrogen and oxygen atoms in total. The zero-order valence-corrected chi connectivity index (χ0v) is 8.29. The van der Waals surface area contributed by atoms with E-state index in [9.17, 15) is 4.39 Å². The monoisotopic (exact) mass is 200 g/mol. The van der Waals surface area contributed by atoms with Crippen LogP contribution in [0.25, 0.3) is 0 Å². The highest BCUT2D eigenvalue weighted by Crippen LogP contribution is 2.11. The van der Waals surface area contributed by atoms with Crippen LogP contribution in [0.1, 0.15) is 12.5 Å². The zero-order valence-electron chi connectivity index (χ0n) is 8.29. The lowest BCUT2D eigenvalue weighted by atomic mass is 10.0. The van der Waals surface area contributed by atoms with Crippen LogP contribution in [0.15, 0.2) is 35.4 Å². The molecule has 0 heterocycles. The predicted molar refractivity (Wildman–Crippen MR) is 54.0 cm³/mol. The Balaban J connectivity index is 2.89. The molecule has 0 bridgehead atoms. The topological polar surface area (TPSA) is 47.6 Å². The average Bonchev–Trinajstić information content (AvgIpc) is 2.23. The molecule has 0 atom stereocenters. The highest BCUT2D eigenvalue weighted by Gasteiger charge is 2.02. The Labute approximate surface area is 87.9 Å². The zero-order chi connectivity index (χ0) is 11.3. The fraction of sp³-hybridized carbons (Fsp3) is 0.167. The minimum Gasteiger partial charge on any atom is -0.207 e. The van der Waals surface area contributed by atoms with E-state index in [0.29, 0.717) is 12.0 Å². The van der Waals surface area contributed by atoms with E-state index >= 15 is 0 Å². The SMILES string of the molecule is CC(Cc1ccc(F)cc1)=C(C#N)C#N. The van der Waals surface area contributed by atoms with Gasteiger partial charge < -0.3 is 0 Å². The number of nitrogens with zero attached hydrogens (tertiary/aromatic N) is 2. The number of hydrogen-bond donors (Lipinski definition) is 0. The van der Waals surface area contributed by atoms with Gasteiger partial charge in [0.2, 0.25) is 0 Å². The van der Waals surface area contributed by atoms with Crippen LogP contribution in [0.3, 0.4) is 0 Å². The first-order valence-corrected chi connectivity index (χ1v) is 4.41. The van der Waals surface area contributed by atoms with Crippen LogP contribution >= 0.6 is 0 Å². The lowest BCUT2D eigenvalue weighted by Crippen LogP contribution is -1.90. The van der Waals surface area contributed by atoms with Crippen LogP contribution < -0.4 is 0 Å². The highest BCUT2D eigenvalue weighted by molar-refractivity contribution is 5.41. The Morgan fingerprint density at radius 2 is 1.73 bits per heavy atom. The molecule has 0 aliphatic carbocycles. The normalized spacial score (nSPS) is 8.80. The number of benzene rings is 1. The third-order valence-electron chi connectivity index (χ3n) is 2.03. The van der Waals surface area contributed by atoms with E-state index in [1.54, 1.807) is 19.1 Å². The summed E-state index contributed by atoms with van der Waals surface area (Å²) in [5, 5.41) is 17.3. The third kappa shape index (κ3) is 2.93. The largest absolute Gasteiger partial charge is 0.207 e. The summed E-state index contributed by atoms with van der Waals surface area (Å²) in [6, 6.07) is 9.67. The summed E-state index contributed by atoms with van der Waals surface area (Å²) in [6.45, 7) is 1.73. The smallest absolute Gasteiger partial charge is 0.128 e. The second-order valence-electron chi connectivity index (χ2n) is 3.18. The summed E-state index contributed by atoms with van der Waals surface area (Å²) in [4.78, 5) is 0. The lowest BCUT2D eigenvalue weighted by Gasteiger charge is -2.01. The van der Waals surface area contributed by atoms with Gasteiger partial charge in [0, 0.05) is 0 Å². The first-order valence-electron chi connectivity index (χ1n) is 4.41. The predicted octanol–water partition coefficient (Wildman–Crippen LogP) is 2.73. The Morgan fingerprint density at radius 3 is 2.20 bits per heavy atom. The molecular formula is C12H9FN2. The number of hydrogen-bond acceptors (Lipinski definition) is 2. The Kier molecular flexibility index (Phi) is 3.60. The molecule has 3 heteroatoms. The van der Waals surface area contributed by atoms with Gasteiger partial charge in [-0.1, -0.05) is 12.1 Å². The molecule has 1 rings (SSSR count). The molecule has 0 aromatic heterocycles. The van der Waals surface area contributed by atoms with E-state index in [-0.39, 0.29) is 11.4 Å². The van der Waals surface area contributed by atoms with Crippen LogP contribution in [-0.4, -0.2) is 0 Å². The standard InChI is InChI=1S/C12H9FN2/c1-9(11(7-14)8-15)6-10-2-4-12(13)5-3-10/h2-5H,6H2,1H3. The molecule has 0 saturated heterocycles. The van der Waals surface area contributed by atoms with E-state index in [4.69, 9.17) is 10.5 Å². The molecule has 0 spiro atoms. The van der Waals surface area contributed by atoms with Crippen molar-refractivity contribution < 1.29 is 4.39 Å². The fourth-order valence-corrected chi connectivity index (χ4v) is 1.21. The maximum Gasteiger partial charge on any atom is 0.128 e. The van der Waals surface area contributed by atoms with Crippen molar-refractivity contribution in [2.75, 3.05) is 0 Å². The summed E-state index contributed by atoms with van der Waals surface area (Å²) in [5.74, 6) is -0.291. The Hall–Kier alpha value is -2.13. The molecule has 0 N–H and O–H groups in total. The molecular weight excluding hydrogens is 191 g/mol. The van der Waals surface area contributed by atoms with Crippen LogP contribution in [-0.2, 0) is 6.42 Å². The molecule has 0 saturated carbocycles. The minimum atomic E-state index is -0.291. The van der Waals surface area contributed by atoms with E-state index in [0.717, 1.165) is 5.56 Å². The maximum absolute atomic E-state index is 12.6. The van der Waals surface area contributed by atoms with Crippen molar-refractivity contribution in [2.24, 2.45) is 0 Å². The van der Waals surface area contributed by atoms with Gasteiger partial charge in [-0.2, -0.15) is 10.5 Å².